The molecule has 5 aromatic carbocycles. The van der Waals surface area contributed by atoms with Gasteiger partial charge in [0.2, 0.25) is 19.7 Å². The number of H-pyrrole nitrogens is 1. The summed E-state index contributed by atoms with van der Waals surface area (Å²) in [5.74, 6) is -0.504. The van der Waals surface area contributed by atoms with Crippen molar-refractivity contribution in [2.45, 2.75) is 25.5 Å². The highest BCUT2D eigenvalue weighted by Gasteiger charge is 2.32. The minimum Gasteiger partial charge on any atom is -0.356 e. The van der Waals surface area contributed by atoms with E-state index in [1.165, 1.54) is 0 Å². The first-order valence-corrected chi connectivity index (χ1v) is 15.7. The predicted molar refractivity (Wildman–Crippen MR) is 156 cm³/mol. The van der Waals surface area contributed by atoms with E-state index in [0.29, 0.717) is 16.6 Å². The van der Waals surface area contributed by atoms with Crippen molar-refractivity contribution >= 4 is 30.6 Å². The third kappa shape index (κ3) is 4.53. The van der Waals surface area contributed by atoms with Crippen LogP contribution in [0, 0.1) is 0 Å². The molecule has 1 atom stereocenters. The molecular formula is C33H25NO4S2. The van der Waals surface area contributed by atoms with E-state index >= 15 is 0 Å². The minimum atomic E-state index is -3.91. The van der Waals surface area contributed by atoms with E-state index in [1.54, 1.807) is 84.9 Å². The Morgan fingerprint density at radius 1 is 0.450 bits per heavy atom. The molecule has 1 heterocycles. The Morgan fingerprint density at radius 3 is 1.50 bits per heavy atom. The number of hydrogen-bond acceptors (Lipinski definition) is 4. The number of aromatic nitrogens is 1. The molecular weight excluding hydrogens is 539 g/mol. The minimum absolute atomic E-state index is 0.169. The number of sulfone groups is 2. The van der Waals surface area contributed by atoms with Gasteiger partial charge in [-0.3, -0.25) is 0 Å². The van der Waals surface area contributed by atoms with Crippen molar-refractivity contribution in [1.29, 1.82) is 0 Å². The van der Waals surface area contributed by atoms with E-state index in [1.807, 2.05) is 54.6 Å². The normalized spacial score (nSPS) is 12.8. The van der Waals surface area contributed by atoms with Crippen LogP contribution in [0.15, 0.2) is 159 Å². The van der Waals surface area contributed by atoms with Gasteiger partial charge in [-0.05, 0) is 53.6 Å². The second-order valence-corrected chi connectivity index (χ2v) is 13.3. The molecule has 0 saturated heterocycles. The number of nitrogens with one attached hydrogen (secondary N) is 1. The fraction of sp³-hybridized carbons (Fsp3) is 0.0303. The van der Waals surface area contributed by atoms with Gasteiger partial charge in [-0.1, -0.05) is 97.1 Å². The maximum atomic E-state index is 14.1. The fourth-order valence-corrected chi connectivity index (χ4v) is 8.05. The molecule has 6 aromatic rings. The number of hydrogen-bond donors (Lipinski definition) is 1. The van der Waals surface area contributed by atoms with Crippen molar-refractivity contribution in [2.24, 2.45) is 0 Å². The molecule has 1 N–H and O–H groups in total. The number of aromatic amines is 1. The molecule has 0 aliphatic heterocycles. The van der Waals surface area contributed by atoms with Crippen LogP contribution in [0.1, 0.15) is 22.7 Å². The lowest BCUT2D eigenvalue weighted by molar-refractivity contribution is 0.594. The number of para-hydroxylation sites is 1. The van der Waals surface area contributed by atoms with E-state index < -0.39 is 25.6 Å². The Balaban J connectivity index is 1.56. The molecule has 0 saturated carbocycles. The Labute approximate surface area is 233 Å². The van der Waals surface area contributed by atoms with Gasteiger partial charge in [0.15, 0.2) is 0 Å². The highest BCUT2D eigenvalue weighted by Crippen LogP contribution is 2.41. The predicted octanol–water partition coefficient (Wildman–Crippen LogP) is 7.01. The van der Waals surface area contributed by atoms with Gasteiger partial charge in [0.1, 0.15) is 4.90 Å². The van der Waals surface area contributed by atoms with Gasteiger partial charge in [-0.2, -0.15) is 0 Å². The molecule has 0 radical (unpaired) electrons. The zero-order valence-corrected chi connectivity index (χ0v) is 22.9. The zero-order chi connectivity index (χ0) is 27.7. The number of benzene rings is 5. The smallest absolute Gasteiger partial charge is 0.209 e. The van der Waals surface area contributed by atoms with E-state index in [2.05, 4.69) is 4.98 Å². The molecule has 5 nitrogen and oxygen atoms in total. The first-order valence-electron chi connectivity index (χ1n) is 12.7. The van der Waals surface area contributed by atoms with E-state index in [9.17, 15) is 16.8 Å². The monoisotopic (exact) mass is 563 g/mol. The second-order valence-electron chi connectivity index (χ2n) is 9.46. The van der Waals surface area contributed by atoms with Crippen LogP contribution in [0.25, 0.3) is 10.9 Å². The number of rotatable bonds is 7. The highest BCUT2D eigenvalue weighted by molar-refractivity contribution is 7.92. The summed E-state index contributed by atoms with van der Waals surface area (Å²) >= 11 is 0. The Hall–Kier alpha value is -4.46. The lowest BCUT2D eigenvalue weighted by atomic mass is 9.88. The number of fused-ring (bicyclic) bond motifs is 1. The summed E-state index contributed by atoms with van der Waals surface area (Å²) in [5, 5.41) is 0.602. The molecule has 7 heteroatoms. The lowest BCUT2D eigenvalue weighted by Crippen LogP contribution is -2.11. The van der Waals surface area contributed by atoms with Crippen molar-refractivity contribution in [1.82, 2.24) is 4.98 Å². The fourth-order valence-electron chi connectivity index (χ4n) is 5.09. The van der Waals surface area contributed by atoms with Crippen LogP contribution in [0.4, 0.5) is 0 Å². The lowest BCUT2D eigenvalue weighted by Gasteiger charge is -2.20. The summed E-state index contributed by atoms with van der Waals surface area (Å²) in [6, 6.07) is 40.4. The summed E-state index contributed by atoms with van der Waals surface area (Å²) < 4.78 is 54.7. The summed E-state index contributed by atoms with van der Waals surface area (Å²) in [6.07, 6.45) is 0. The molecule has 40 heavy (non-hydrogen) atoms. The summed E-state index contributed by atoms with van der Waals surface area (Å²) in [7, 11) is -7.61. The molecule has 0 unspecified atom stereocenters. The van der Waals surface area contributed by atoms with Gasteiger partial charge in [-0.25, -0.2) is 16.8 Å². The average molecular weight is 564 g/mol. The average Bonchev–Trinajstić information content (AvgIpc) is 3.39. The summed E-state index contributed by atoms with van der Waals surface area (Å²) in [4.78, 5) is 4.21. The summed E-state index contributed by atoms with van der Waals surface area (Å²) in [5.41, 5.74) is 2.86. The molecule has 0 spiro atoms. The Bertz CT molecular complexity index is 2000. The van der Waals surface area contributed by atoms with Gasteiger partial charge in [0, 0.05) is 16.6 Å². The van der Waals surface area contributed by atoms with Crippen molar-refractivity contribution in [3.05, 3.63) is 156 Å². The molecule has 6 rings (SSSR count). The van der Waals surface area contributed by atoms with Crippen molar-refractivity contribution in [3.63, 3.8) is 0 Å². The van der Waals surface area contributed by atoms with Crippen LogP contribution in [-0.4, -0.2) is 21.8 Å². The van der Waals surface area contributed by atoms with Gasteiger partial charge >= 0.3 is 0 Å². The van der Waals surface area contributed by atoms with Crippen LogP contribution in [0.5, 0.6) is 0 Å². The van der Waals surface area contributed by atoms with Crippen LogP contribution in [0.3, 0.4) is 0 Å². The summed E-state index contributed by atoms with van der Waals surface area (Å²) in [6.45, 7) is 0. The molecule has 0 fully saturated rings. The van der Waals surface area contributed by atoms with Crippen molar-refractivity contribution < 1.29 is 16.8 Å². The van der Waals surface area contributed by atoms with Crippen LogP contribution in [-0.2, 0) is 19.7 Å². The quantitative estimate of drug-likeness (QED) is 0.226. The first kappa shape index (κ1) is 25.8. The largest absolute Gasteiger partial charge is 0.356 e. The van der Waals surface area contributed by atoms with Crippen molar-refractivity contribution in [3.8, 4) is 0 Å². The zero-order valence-electron chi connectivity index (χ0n) is 21.3. The van der Waals surface area contributed by atoms with Gasteiger partial charge < -0.3 is 4.98 Å². The first-order chi connectivity index (χ1) is 19.4. The molecule has 0 bridgehead atoms. The van der Waals surface area contributed by atoms with E-state index in [4.69, 9.17) is 0 Å². The maximum absolute atomic E-state index is 14.1. The van der Waals surface area contributed by atoms with E-state index in [-0.39, 0.29) is 19.6 Å². The third-order valence-corrected chi connectivity index (χ3v) is 10.7. The van der Waals surface area contributed by atoms with Gasteiger partial charge in [-0.15, -0.1) is 0 Å². The standard InChI is InChI=1S/C33H25NO4S2/c35-39(36,26-14-6-2-7-15-26)28-22-20-25(21-23-28)31(24-12-4-1-5-13-24)32-33(29-18-10-11-19-30(29)34-32)40(37,38)27-16-8-3-9-17-27/h1-23,31,34H/t31-/m1/s1. The Morgan fingerprint density at radius 2 is 0.900 bits per heavy atom. The maximum Gasteiger partial charge on any atom is 0.209 e. The molecule has 1 aromatic heterocycles. The second kappa shape index (κ2) is 10.3. The van der Waals surface area contributed by atoms with Gasteiger partial charge in [0.25, 0.3) is 0 Å². The van der Waals surface area contributed by atoms with Crippen LogP contribution < -0.4 is 0 Å². The van der Waals surface area contributed by atoms with Crippen LogP contribution in [0.2, 0.25) is 0 Å². The highest BCUT2D eigenvalue weighted by atomic mass is 32.2. The topological polar surface area (TPSA) is 84.1 Å². The molecule has 0 aliphatic carbocycles. The SMILES string of the molecule is O=S(=O)(c1ccccc1)c1ccc([C@@H](c2ccccc2)c2[nH]c3ccccc3c2S(=O)(=O)c2ccccc2)cc1. The molecule has 0 aliphatic rings. The van der Waals surface area contributed by atoms with Crippen LogP contribution >= 0.6 is 0 Å². The Kier molecular flexibility index (Phi) is 6.62. The van der Waals surface area contributed by atoms with E-state index in [0.717, 1.165) is 11.1 Å². The van der Waals surface area contributed by atoms with Crippen molar-refractivity contribution in [2.75, 3.05) is 0 Å². The molecule has 0 amide bonds. The van der Waals surface area contributed by atoms with Gasteiger partial charge in [0.05, 0.1) is 20.6 Å². The molecule has 198 valence electrons. The third-order valence-electron chi connectivity index (χ3n) is 7.01.